The van der Waals surface area contributed by atoms with Gasteiger partial charge in [0.15, 0.2) is 11.0 Å². The van der Waals surface area contributed by atoms with Crippen LogP contribution in [0.2, 0.25) is 0 Å². The summed E-state index contributed by atoms with van der Waals surface area (Å²) in [7, 11) is 5.03. The second-order valence-corrected chi connectivity index (χ2v) is 11.3. The number of rotatable bonds is 10. The summed E-state index contributed by atoms with van der Waals surface area (Å²) in [6.45, 7) is 5.72. The zero-order valence-corrected chi connectivity index (χ0v) is 24.9. The van der Waals surface area contributed by atoms with Gasteiger partial charge in [0.25, 0.3) is 0 Å². The van der Waals surface area contributed by atoms with Gasteiger partial charge in [-0.25, -0.2) is 0 Å². The van der Waals surface area contributed by atoms with E-state index in [2.05, 4.69) is 15.5 Å². The fourth-order valence-corrected chi connectivity index (χ4v) is 5.07. The summed E-state index contributed by atoms with van der Waals surface area (Å²) in [5.41, 5.74) is 1.62. The number of amides is 2. The van der Waals surface area contributed by atoms with E-state index >= 15 is 0 Å². The lowest BCUT2D eigenvalue weighted by Gasteiger charge is -2.34. The molecule has 4 rings (SSSR count). The Kier molecular flexibility index (Phi) is 9.34. The van der Waals surface area contributed by atoms with Gasteiger partial charge in [-0.2, -0.15) is 0 Å². The summed E-state index contributed by atoms with van der Waals surface area (Å²) in [6, 6.07) is 23.1. The molecule has 0 spiro atoms. The molecule has 9 nitrogen and oxygen atoms in total. The molecule has 2 amide bonds. The van der Waals surface area contributed by atoms with Crippen LogP contribution in [0.25, 0.3) is 11.4 Å². The van der Waals surface area contributed by atoms with Crippen LogP contribution in [0.1, 0.15) is 32.4 Å². The Hall–Kier alpha value is -4.31. The molecule has 41 heavy (non-hydrogen) atoms. The molecule has 1 atom stereocenters. The molecule has 0 aliphatic rings. The van der Waals surface area contributed by atoms with Gasteiger partial charge >= 0.3 is 0 Å². The van der Waals surface area contributed by atoms with Crippen molar-refractivity contribution in [1.29, 1.82) is 0 Å². The molecule has 10 heteroatoms. The highest BCUT2D eigenvalue weighted by Crippen LogP contribution is 2.32. The minimum absolute atomic E-state index is 0.0300. The van der Waals surface area contributed by atoms with Crippen LogP contribution in [0.3, 0.4) is 0 Å². The SMILES string of the molecule is COc1ccc([C@H](C(=O)NC(C)(C)C)N(C(=O)CSc2nnc(-c3ccccc3)n2C)c2ccc(OC)cc2)cc1. The fraction of sp³-hybridized carbons (Fsp3) is 0.290. The number of aromatic nitrogens is 3. The van der Waals surface area contributed by atoms with E-state index in [1.54, 1.807) is 62.8 Å². The second kappa shape index (κ2) is 12.9. The number of carbonyl (C=O) groups excluding carboxylic acids is 2. The van der Waals surface area contributed by atoms with Crippen LogP contribution < -0.4 is 19.7 Å². The Morgan fingerprint density at radius 1 is 0.902 bits per heavy atom. The summed E-state index contributed by atoms with van der Waals surface area (Å²) in [5.74, 6) is 1.45. The van der Waals surface area contributed by atoms with E-state index in [-0.39, 0.29) is 17.6 Å². The molecule has 0 unspecified atom stereocenters. The normalized spacial score (nSPS) is 12.0. The Bertz CT molecular complexity index is 1470. The Morgan fingerprint density at radius 3 is 2.05 bits per heavy atom. The first-order valence-electron chi connectivity index (χ1n) is 13.1. The average Bonchev–Trinajstić information content (AvgIpc) is 3.34. The number of benzene rings is 3. The van der Waals surface area contributed by atoms with Crippen molar-refractivity contribution < 1.29 is 19.1 Å². The monoisotopic (exact) mass is 573 g/mol. The largest absolute Gasteiger partial charge is 0.497 e. The van der Waals surface area contributed by atoms with E-state index in [0.717, 1.165) is 5.56 Å². The molecule has 0 aliphatic heterocycles. The molecular formula is C31H35N5O4S. The second-order valence-electron chi connectivity index (χ2n) is 10.4. The molecule has 214 valence electrons. The number of hydrogen-bond donors (Lipinski definition) is 1. The number of ether oxygens (including phenoxy) is 2. The summed E-state index contributed by atoms with van der Waals surface area (Å²) in [5, 5.41) is 12.3. The van der Waals surface area contributed by atoms with Gasteiger partial charge in [0.05, 0.1) is 20.0 Å². The van der Waals surface area contributed by atoms with Crippen molar-refractivity contribution in [3.63, 3.8) is 0 Å². The third-order valence-corrected chi connectivity index (χ3v) is 7.25. The maximum absolute atomic E-state index is 14.1. The van der Waals surface area contributed by atoms with Crippen molar-refractivity contribution in [1.82, 2.24) is 20.1 Å². The first-order chi connectivity index (χ1) is 19.6. The minimum Gasteiger partial charge on any atom is -0.497 e. The third kappa shape index (κ3) is 7.26. The van der Waals surface area contributed by atoms with Crippen LogP contribution >= 0.6 is 11.8 Å². The fourth-order valence-electron chi connectivity index (χ4n) is 4.30. The number of anilines is 1. The molecule has 0 radical (unpaired) electrons. The first kappa shape index (κ1) is 29.7. The van der Waals surface area contributed by atoms with Crippen LogP contribution in [0, 0.1) is 0 Å². The van der Waals surface area contributed by atoms with Crippen molar-refractivity contribution in [3.8, 4) is 22.9 Å². The van der Waals surface area contributed by atoms with Crippen molar-refractivity contribution >= 4 is 29.3 Å². The maximum Gasteiger partial charge on any atom is 0.248 e. The summed E-state index contributed by atoms with van der Waals surface area (Å²) < 4.78 is 12.5. The minimum atomic E-state index is -0.944. The van der Waals surface area contributed by atoms with E-state index in [1.807, 2.05) is 62.7 Å². The predicted octanol–water partition coefficient (Wildman–Crippen LogP) is 5.28. The summed E-state index contributed by atoms with van der Waals surface area (Å²) in [4.78, 5) is 29.5. The molecule has 0 saturated carbocycles. The molecule has 0 saturated heterocycles. The summed E-state index contributed by atoms with van der Waals surface area (Å²) in [6.07, 6.45) is 0. The Morgan fingerprint density at radius 2 is 1.49 bits per heavy atom. The van der Waals surface area contributed by atoms with Crippen LogP contribution in [-0.4, -0.2) is 52.1 Å². The average molecular weight is 574 g/mol. The Balaban J connectivity index is 1.70. The highest BCUT2D eigenvalue weighted by molar-refractivity contribution is 7.99. The zero-order valence-electron chi connectivity index (χ0n) is 24.1. The molecule has 1 aromatic heterocycles. The van der Waals surface area contributed by atoms with Gasteiger partial charge < -0.3 is 19.4 Å². The zero-order chi connectivity index (χ0) is 29.6. The first-order valence-corrected chi connectivity index (χ1v) is 14.1. The smallest absolute Gasteiger partial charge is 0.248 e. The Labute approximate surface area is 244 Å². The van der Waals surface area contributed by atoms with Crippen LogP contribution in [-0.2, 0) is 16.6 Å². The number of hydrogen-bond acceptors (Lipinski definition) is 7. The molecule has 1 N–H and O–H groups in total. The third-order valence-electron chi connectivity index (χ3n) is 6.25. The highest BCUT2D eigenvalue weighted by atomic mass is 32.2. The van der Waals surface area contributed by atoms with E-state index in [9.17, 15) is 9.59 Å². The predicted molar refractivity (Wildman–Crippen MR) is 161 cm³/mol. The van der Waals surface area contributed by atoms with Crippen molar-refractivity contribution in [2.45, 2.75) is 37.5 Å². The van der Waals surface area contributed by atoms with Gasteiger partial charge in [-0.15, -0.1) is 10.2 Å². The van der Waals surface area contributed by atoms with Gasteiger partial charge in [-0.3, -0.25) is 14.5 Å². The molecule has 3 aromatic carbocycles. The van der Waals surface area contributed by atoms with Crippen LogP contribution in [0.15, 0.2) is 84.0 Å². The number of nitrogens with one attached hydrogen (secondary N) is 1. The van der Waals surface area contributed by atoms with Gasteiger partial charge in [0.1, 0.15) is 17.5 Å². The van der Waals surface area contributed by atoms with Crippen LogP contribution in [0.4, 0.5) is 5.69 Å². The molecule has 0 fully saturated rings. The topological polar surface area (TPSA) is 98.6 Å². The quantitative estimate of drug-likeness (QED) is 0.258. The van der Waals surface area contributed by atoms with Crippen molar-refractivity contribution in [2.75, 3.05) is 24.9 Å². The molecule has 0 aliphatic carbocycles. The molecule has 0 bridgehead atoms. The van der Waals surface area contributed by atoms with Crippen LogP contribution in [0.5, 0.6) is 11.5 Å². The van der Waals surface area contributed by atoms with Gasteiger partial charge in [0.2, 0.25) is 11.8 Å². The number of thioether (sulfide) groups is 1. The van der Waals surface area contributed by atoms with Gasteiger partial charge in [0, 0.05) is 23.8 Å². The van der Waals surface area contributed by atoms with Crippen molar-refractivity contribution in [2.24, 2.45) is 7.05 Å². The van der Waals surface area contributed by atoms with E-state index in [0.29, 0.717) is 33.7 Å². The van der Waals surface area contributed by atoms with E-state index < -0.39 is 11.6 Å². The highest BCUT2D eigenvalue weighted by Gasteiger charge is 2.34. The van der Waals surface area contributed by atoms with E-state index in [4.69, 9.17) is 9.47 Å². The number of nitrogens with zero attached hydrogens (tertiary/aromatic N) is 4. The molecule has 1 heterocycles. The maximum atomic E-state index is 14.1. The van der Waals surface area contributed by atoms with E-state index in [1.165, 1.54) is 16.7 Å². The van der Waals surface area contributed by atoms with Gasteiger partial charge in [-0.05, 0) is 62.7 Å². The van der Waals surface area contributed by atoms with Gasteiger partial charge in [-0.1, -0.05) is 54.2 Å². The number of methoxy groups -OCH3 is 2. The number of carbonyl (C=O) groups is 2. The lowest BCUT2D eigenvalue weighted by atomic mass is 10.0. The molecular weight excluding hydrogens is 538 g/mol. The lowest BCUT2D eigenvalue weighted by Crippen LogP contribution is -2.50. The van der Waals surface area contributed by atoms with Crippen molar-refractivity contribution in [3.05, 3.63) is 84.4 Å². The lowest BCUT2D eigenvalue weighted by molar-refractivity contribution is -0.127. The summed E-state index contributed by atoms with van der Waals surface area (Å²) >= 11 is 1.27. The standard InChI is InChI=1S/C31H35N5O4S/c1-31(2,3)32-29(38)27(21-12-16-24(39-5)17-13-21)36(23-14-18-25(40-6)19-15-23)26(37)20-41-30-34-33-28(35(30)4)22-10-8-7-9-11-22/h7-19,27H,20H2,1-6H3,(H,32,38)/t27-/m1/s1. The molecule has 4 aromatic rings.